The quantitative estimate of drug-likeness (QED) is 0.558. The number of anilines is 4. The number of hydrogen-bond acceptors (Lipinski definition) is 6. The Morgan fingerprint density at radius 3 is 2.60 bits per heavy atom. The number of nitrogens with two attached hydrogens (primary N) is 3. The van der Waals surface area contributed by atoms with Crippen molar-refractivity contribution < 1.29 is 0 Å². The van der Waals surface area contributed by atoms with Gasteiger partial charge in [-0.15, -0.1) is 0 Å². The molecule has 2 heterocycles. The molecule has 1 aromatic rings. The highest BCUT2D eigenvalue weighted by atomic mass is 15.2. The van der Waals surface area contributed by atoms with E-state index in [4.69, 9.17) is 17.2 Å². The molecule has 0 saturated carbocycles. The molecule has 6 N–H and O–H groups in total. The maximum absolute atomic E-state index is 5.81. The van der Waals surface area contributed by atoms with E-state index < -0.39 is 0 Å². The van der Waals surface area contributed by atoms with Crippen LogP contribution in [0.3, 0.4) is 0 Å². The van der Waals surface area contributed by atoms with E-state index in [2.05, 4.69) is 22.1 Å². The van der Waals surface area contributed by atoms with Gasteiger partial charge < -0.3 is 22.1 Å². The van der Waals surface area contributed by atoms with Gasteiger partial charge in [0.25, 0.3) is 0 Å². The summed E-state index contributed by atoms with van der Waals surface area (Å²) in [5.74, 6) is 1.03. The van der Waals surface area contributed by atoms with Crippen molar-refractivity contribution in [2.75, 3.05) is 35.2 Å². The molecule has 0 aliphatic carbocycles. The second kappa shape index (κ2) is 3.64. The van der Waals surface area contributed by atoms with Crippen LogP contribution in [-0.4, -0.2) is 23.1 Å². The lowest BCUT2D eigenvalue weighted by atomic mass is 10.2. The highest BCUT2D eigenvalue weighted by molar-refractivity contribution is 5.75. The van der Waals surface area contributed by atoms with Crippen LogP contribution in [0.4, 0.5) is 23.3 Å². The predicted molar refractivity (Wildman–Crippen MR) is 61.2 cm³/mol. The van der Waals surface area contributed by atoms with Crippen molar-refractivity contribution in [1.29, 1.82) is 0 Å². The Balaban J connectivity index is 2.38. The van der Waals surface area contributed by atoms with Gasteiger partial charge >= 0.3 is 0 Å². The van der Waals surface area contributed by atoms with Crippen LogP contribution in [0.1, 0.15) is 6.42 Å². The van der Waals surface area contributed by atoms with E-state index in [1.807, 2.05) is 4.90 Å². The minimum atomic E-state index is 0.159. The van der Waals surface area contributed by atoms with Crippen LogP contribution in [0.2, 0.25) is 0 Å². The maximum Gasteiger partial charge on any atom is 0.224 e. The summed E-state index contributed by atoms with van der Waals surface area (Å²) in [6, 6.07) is 0. The maximum atomic E-state index is 5.81. The molecule has 1 aromatic heterocycles. The molecule has 0 saturated heterocycles. The number of aromatic nitrogens is 2. The molecule has 6 heteroatoms. The van der Waals surface area contributed by atoms with Crippen molar-refractivity contribution in [3.63, 3.8) is 0 Å². The van der Waals surface area contributed by atoms with Crippen molar-refractivity contribution >= 4 is 23.3 Å². The van der Waals surface area contributed by atoms with Gasteiger partial charge in [-0.25, -0.2) is 0 Å². The number of hydrogen-bond donors (Lipinski definition) is 3. The SMILES string of the molecule is Nc1nc(N)c(N)c(N2CC=CCC2)n1. The normalized spacial score (nSPS) is 15.6. The Labute approximate surface area is 87.8 Å². The summed E-state index contributed by atoms with van der Waals surface area (Å²) in [4.78, 5) is 9.95. The van der Waals surface area contributed by atoms with Crippen molar-refractivity contribution in [2.45, 2.75) is 6.42 Å². The molecule has 80 valence electrons. The number of nitrogens with zero attached hydrogens (tertiary/aromatic N) is 3. The second-order valence-electron chi connectivity index (χ2n) is 3.41. The van der Waals surface area contributed by atoms with Crippen molar-refractivity contribution in [3.05, 3.63) is 12.2 Å². The monoisotopic (exact) mass is 206 g/mol. The zero-order chi connectivity index (χ0) is 10.8. The summed E-state index contributed by atoms with van der Waals surface area (Å²) in [6.45, 7) is 1.65. The highest BCUT2D eigenvalue weighted by Crippen LogP contribution is 2.26. The van der Waals surface area contributed by atoms with E-state index in [1.54, 1.807) is 0 Å². The van der Waals surface area contributed by atoms with Gasteiger partial charge in [0.1, 0.15) is 5.69 Å². The van der Waals surface area contributed by atoms with E-state index in [1.165, 1.54) is 0 Å². The standard InChI is InChI=1S/C9H14N6/c10-6-7(11)13-9(12)14-8(6)15-4-2-1-3-5-15/h1-2H,3-5,10H2,(H4,11,12,13,14). The zero-order valence-electron chi connectivity index (χ0n) is 8.35. The van der Waals surface area contributed by atoms with Crippen LogP contribution >= 0.6 is 0 Å². The molecular formula is C9H14N6. The van der Waals surface area contributed by atoms with Gasteiger partial charge in [0.05, 0.1) is 0 Å². The third kappa shape index (κ3) is 1.78. The number of nitrogen functional groups attached to an aromatic ring is 3. The molecule has 2 rings (SSSR count). The van der Waals surface area contributed by atoms with Crippen molar-refractivity contribution in [1.82, 2.24) is 9.97 Å². The lowest BCUT2D eigenvalue weighted by molar-refractivity contribution is 0.806. The smallest absolute Gasteiger partial charge is 0.224 e. The van der Waals surface area contributed by atoms with Gasteiger partial charge in [0, 0.05) is 13.1 Å². The molecular weight excluding hydrogens is 192 g/mol. The van der Waals surface area contributed by atoms with Crippen molar-refractivity contribution in [3.8, 4) is 0 Å². The molecule has 0 radical (unpaired) electrons. The summed E-state index contributed by atoms with van der Waals surface area (Å²) >= 11 is 0. The second-order valence-corrected chi connectivity index (χ2v) is 3.41. The molecule has 0 atom stereocenters. The fraction of sp³-hybridized carbons (Fsp3) is 0.333. The van der Waals surface area contributed by atoms with Crippen molar-refractivity contribution in [2.24, 2.45) is 0 Å². The van der Waals surface area contributed by atoms with E-state index in [0.717, 1.165) is 19.5 Å². The topological polar surface area (TPSA) is 107 Å². The summed E-state index contributed by atoms with van der Waals surface area (Å²) in [7, 11) is 0. The first-order valence-corrected chi connectivity index (χ1v) is 4.77. The summed E-state index contributed by atoms with van der Waals surface area (Å²) < 4.78 is 0. The third-order valence-electron chi connectivity index (χ3n) is 2.33. The average Bonchev–Trinajstić information content (AvgIpc) is 2.24. The van der Waals surface area contributed by atoms with Gasteiger partial charge in [-0.2, -0.15) is 9.97 Å². The molecule has 0 unspecified atom stereocenters. The summed E-state index contributed by atoms with van der Waals surface area (Å²) in [6.07, 6.45) is 5.17. The third-order valence-corrected chi connectivity index (χ3v) is 2.33. The Hall–Kier alpha value is -1.98. The largest absolute Gasteiger partial charge is 0.393 e. The average molecular weight is 206 g/mol. The van der Waals surface area contributed by atoms with Crippen LogP contribution in [0.5, 0.6) is 0 Å². The van der Waals surface area contributed by atoms with Crippen LogP contribution in [-0.2, 0) is 0 Å². The van der Waals surface area contributed by atoms with E-state index in [0.29, 0.717) is 11.5 Å². The summed E-state index contributed by atoms with van der Waals surface area (Å²) in [5, 5.41) is 0. The van der Waals surface area contributed by atoms with Crippen LogP contribution in [0, 0.1) is 0 Å². The molecule has 0 spiro atoms. The Morgan fingerprint density at radius 2 is 1.93 bits per heavy atom. The Morgan fingerprint density at radius 1 is 1.13 bits per heavy atom. The molecule has 0 fully saturated rings. The van der Waals surface area contributed by atoms with Crippen LogP contribution < -0.4 is 22.1 Å². The van der Waals surface area contributed by atoms with E-state index in [-0.39, 0.29) is 11.8 Å². The fourth-order valence-electron chi connectivity index (χ4n) is 1.57. The molecule has 0 amide bonds. The highest BCUT2D eigenvalue weighted by Gasteiger charge is 2.15. The first kappa shape index (κ1) is 9.57. The Kier molecular flexibility index (Phi) is 2.32. The predicted octanol–water partition coefficient (Wildman–Crippen LogP) is -0.0105. The Bertz CT molecular complexity index is 400. The molecule has 0 bridgehead atoms. The van der Waals surface area contributed by atoms with Crippen LogP contribution in [0.25, 0.3) is 0 Å². The van der Waals surface area contributed by atoms with Gasteiger partial charge in [-0.1, -0.05) is 12.2 Å². The molecule has 0 aromatic carbocycles. The molecule has 1 aliphatic rings. The van der Waals surface area contributed by atoms with E-state index in [9.17, 15) is 0 Å². The fourth-order valence-corrected chi connectivity index (χ4v) is 1.57. The van der Waals surface area contributed by atoms with Crippen LogP contribution in [0.15, 0.2) is 12.2 Å². The lowest BCUT2D eigenvalue weighted by Gasteiger charge is -2.25. The van der Waals surface area contributed by atoms with E-state index >= 15 is 0 Å². The number of rotatable bonds is 1. The minimum absolute atomic E-state index is 0.159. The summed E-state index contributed by atoms with van der Waals surface area (Å²) in [5.41, 5.74) is 17.4. The molecule has 15 heavy (non-hydrogen) atoms. The van der Waals surface area contributed by atoms with Gasteiger partial charge in [0.15, 0.2) is 11.6 Å². The first-order valence-electron chi connectivity index (χ1n) is 4.77. The zero-order valence-corrected chi connectivity index (χ0v) is 8.35. The first-order chi connectivity index (χ1) is 7.18. The molecule has 6 nitrogen and oxygen atoms in total. The lowest BCUT2D eigenvalue weighted by Crippen LogP contribution is -2.29. The molecule has 1 aliphatic heterocycles. The van der Waals surface area contributed by atoms with Gasteiger partial charge in [-0.3, -0.25) is 0 Å². The van der Waals surface area contributed by atoms with Gasteiger partial charge in [0.2, 0.25) is 5.95 Å². The van der Waals surface area contributed by atoms with Gasteiger partial charge in [-0.05, 0) is 6.42 Å². The minimum Gasteiger partial charge on any atom is -0.393 e.